The molecule has 0 aromatic rings. The molecule has 0 amide bonds. The molecule has 1 N–H and O–H groups in total. The summed E-state index contributed by atoms with van der Waals surface area (Å²) in [5, 5.41) is 2.96. The lowest BCUT2D eigenvalue weighted by Crippen LogP contribution is -2.61. The molecule has 1 nitrogen and oxygen atoms in total. The van der Waals surface area contributed by atoms with Gasteiger partial charge in [-0.2, -0.15) is 0 Å². The molecule has 52 valence electrons. The van der Waals surface area contributed by atoms with Gasteiger partial charge in [-0.3, -0.25) is 0 Å². The number of rotatable bonds is 0. The first kappa shape index (κ1) is 5.59. The monoisotopic (exact) mass is 133 g/mol. The molecule has 1 aliphatic carbocycles. The summed E-state index contributed by atoms with van der Waals surface area (Å²) in [6, 6.07) is 0. The van der Waals surface area contributed by atoms with Crippen molar-refractivity contribution in [2.45, 2.75) is 12.3 Å². The lowest BCUT2D eigenvalue weighted by Gasteiger charge is -2.49. The van der Waals surface area contributed by atoms with Crippen molar-refractivity contribution in [3.05, 3.63) is 0 Å². The van der Waals surface area contributed by atoms with Crippen LogP contribution in [0, 0.1) is 11.8 Å². The predicted molar refractivity (Wildman–Crippen MR) is 29.4 cm³/mol. The van der Waals surface area contributed by atoms with Crippen molar-refractivity contribution in [1.82, 2.24) is 5.32 Å². The van der Waals surface area contributed by atoms with Crippen LogP contribution in [-0.2, 0) is 0 Å². The first-order valence-corrected chi connectivity index (χ1v) is 3.30. The van der Waals surface area contributed by atoms with Gasteiger partial charge in [0, 0.05) is 24.9 Å². The lowest BCUT2D eigenvalue weighted by molar-refractivity contribution is -0.200. The average Bonchev–Trinajstić information content (AvgIpc) is 1.89. The Kier molecular flexibility index (Phi) is 0.903. The average molecular weight is 133 g/mol. The molecular formula is C6H9F2N. The number of nitrogens with one attached hydrogen (secondary N) is 1. The standard InChI is InChI=1S/C6H9F2N/c7-6(8)4-1-5(6)3-9-2-4/h4-5,9H,1-3H2. The van der Waals surface area contributed by atoms with Crippen LogP contribution in [0.2, 0.25) is 0 Å². The fourth-order valence-corrected chi connectivity index (χ4v) is 1.70. The summed E-state index contributed by atoms with van der Waals surface area (Å²) >= 11 is 0. The Bertz CT molecular complexity index is 119. The number of piperidine rings is 2. The van der Waals surface area contributed by atoms with Gasteiger partial charge in [0.1, 0.15) is 0 Å². The third kappa shape index (κ3) is 0.556. The Morgan fingerprint density at radius 1 is 1.22 bits per heavy atom. The van der Waals surface area contributed by atoms with E-state index in [4.69, 9.17) is 0 Å². The topological polar surface area (TPSA) is 12.0 Å². The van der Waals surface area contributed by atoms with Gasteiger partial charge in [-0.05, 0) is 6.42 Å². The van der Waals surface area contributed by atoms with Crippen molar-refractivity contribution in [1.29, 1.82) is 0 Å². The third-order valence-corrected chi connectivity index (χ3v) is 2.44. The first-order valence-electron chi connectivity index (χ1n) is 3.30. The van der Waals surface area contributed by atoms with Crippen LogP contribution in [-0.4, -0.2) is 19.0 Å². The fraction of sp³-hybridized carbons (Fsp3) is 1.00. The zero-order valence-electron chi connectivity index (χ0n) is 5.03. The second kappa shape index (κ2) is 1.45. The predicted octanol–water partition coefficient (Wildman–Crippen LogP) is 0.861. The summed E-state index contributed by atoms with van der Waals surface area (Å²) in [6.45, 7) is 1.03. The first-order chi connectivity index (χ1) is 4.21. The van der Waals surface area contributed by atoms with Crippen molar-refractivity contribution >= 4 is 0 Å². The molecule has 0 radical (unpaired) electrons. The highest BCUT2D eigenvalue weighted by Crippen LogP contribution is 2.50. The van der Waals surface area contributed by atoms with E-state index in [9.17, 15) is 8.78 Å². The van der Waals surface area contributed by atoms with Crippen LogP contribution in [0.5, 0.6) is 0 Å². The SMILES string of the molecule is FC1(F)C2CNCC1C2. The Morgan fingerprint density at radius 2 is 1.78 bits per heavy atom. The molecule has 3 rings (SSSR count). The summed E-state index contributed by atoms with van der Waals surface area (Å²) in [5.74, 6) is -3.03. The van der Waals surface area contributed by atoms with E-state index in [-0.39, 0.29) is 11.8 Å². The third-order valence-electron chi connectivity index (χ3n) is 2.44. The van der Waals surface area contributed by atoms with Crippen LogP contribution in [0.4, 0.5) is 8.78 Å². The summed E-state index contributed by atoms with van der Waals surface area (Å²) < 4.78 is 25.2. The highest BCUT2D eigenvalue weighted by atomic mass is 19.3. The maximum atomic E-state index is 12.6. The van der Waals surface area contributed by atoms with Crippen molar-refractivity contribution in [3.63, 3.8) is 0 Å². The Morgan fingerprint density at radius 3 is 2.00 bits per heavy atom. The van der Waals surface area contributed by atoms with E-state index < -0.39 is 5.92 Å². The molecule has 2 bridgehead atoms. The summed E-state index contributed by atoms with van der Waals surface area (Å²) in [7, 11) is 0. The van der Waals surface area contributed by atoms with E-state index >= 15 is 0 Å². The molecule has 0 spiro atoms. The number of halogens is 2. The molecule has 9 heavy (non-hydrogen) atoms. The highest BCUT2D eigenvalue weighted by Gasteiger charge is 2.58. The minimum absolute atomic E-state index is 0.351. The molecule has 2 unspecified atom stereocenters. The zero-order chi connectivity index (χ0) is 6.48. The van der Waals surface area contributed by atoms with E-state index in [1.54, 1.807) is 0 Å². The normalized spacial score (nSPS) is 46.0. The van der Waals surface area contributed by atoms with E-state index in [1.807, 2.05) is 0 Å². The van der Waals surface area contributed by atoms with E-state index in [0.717, 1.165) is 6.42 Å². The Hall–Kier alpha value is -0.180. The molecule has 1 saturated carbocycles. The van der Waals surface area contributed by atoms with Gasteiger partial charge < -0.3 is 5.32 Å². The largest absolute Gasteiger partial charge is 0.316 e. The van der Waals surface area contributed by atoms with Gasteiger partial charge in [-0.15, -0.1) is 0 Å². The zero-order valence-corrected chi connectivity index (χ0v) is 5.03. The van der Waals surface area contributed by atoms with Crippen LogP contribution in [0.15, 0.2) is 0 Å². The molecule has 3 heteroatoms. The maximum Gasteiger partial charge on any atom is 0.256 e. The molecule has 3 aliphatic rings. The van der Waals surface area contributed by atoms with Crippen molar-refractivity contribution < 1.29 is 8.78 Å². The van der Waals surface area contributed by atoms with Crippen molar-refractivity contribution in [2.75, 3.05) is 13.1 Å². The lowest BCUT2D eigenvalue weighted by atomic mass is 9.68. The van der Waals surface area contributed by atoms with Crippen molar-refractivity contribution in [2.24, 2.45) is 11.8 Å². The summed E-state index contributed by atoms with van der Waals surface area (Å²) in [4.78, 5) is 0. The Labute approximate surface area is 52.4 Å². The molecule has 2 saturated heterocycles. The van der Waals surface area contributed by atoms with Crippen LogP contribution in [0.3, 0.4) is 0 Å². The van der Waals surface area contributed by atoms with E-state index in [1.165, 1.54) is 0 Å². The van der Waals surface area contributed by atoms with Gasteiger partial charge in [-0.1, -0.05) is 0 Å². The molecule has 0 aromatic heterocycles. The van der Waals surface area contributed by atoms with Gasteiger partial charge >= 0.3 is 0 Å². The number of fused-ring (bicyclic) bond motifs is 2. The number of hydrogen-bond acceptors (Lipinski definition) is 1. The second-order valence-electron chi connectivity index (χ2n) is 2.96. The molecule has 2 aliphatic heterocycles. The fourth-order valence-electron chi connectivity index (χ4n) is 1.70. The number of alkyl halides is 2. The molecule has 2 heterocycles. The quantitative estimate of drug-likeness (QED) is 0.516. The van der Waals surface area contributed by atoms with Gasteiger partial charge in [-0.25, -0.2) is 8.78 Å². The summed E-state index contributed by atoms with van der Waals surface area (Å²) in [6.07, 6.45) is 0.736. The highest BCUT2D eigenvalue weighted by molar-refractivity contribution is 5.01. The maximum absolute atomic E-state index is 12.6. The smallest absolute Gasteiger partial charge is 0.256 e. The summed E-state index contributed by atoms with van der Waals surface area (Å²) in [5.41, 5.74) is 0. The van der Waals surface area contributed by atoms with Gasteiger partial charge in [0.2, 0.25) is 0 Å². The van der Waals surface area contributed by atoms with Gasteiger partial charge in [0.15, 0.2) is 0 Å². The second-order valence-corrected chi connectivity index (χ2v) is 2.96. The van der Waals surface area contributed by atoms with E-state index in [2.05, 4.69) is 5.32 Å². The number of hydrogen-bond donors (Lipinski definition) is 1. The molecule has 0 aromatic carbocycles. The van der Waals surface area contributed by atoms with Crippen LogP contribution in [0.25, 0.3) is 0 Å². The minimum Gasteiger partial charge on any atom is -0.316 e. The van der Waals surface area contributed by atoms with Crippen LogP contribution in [0.1, 0.15) is 6.42 Å². The van der Waals surface area contributed by atoms with Crippen LogP contribution >= 0.6 is 0 Å². The van der Waals surface area contributed by atoms with Gasteiger partial charge in [0.05, 0.1) is 0 Å². The van der Waals surface area contributed by atoms with E-state index in [0.29, 0.717) is 13.1 Å². The minimum atomic E-state index is -2.33. The molecular weight excluding hydrogens is 124 g/mol. The van der Waals surface area contributed by atoms with Crippen molar-refractivity contribution in [3.8, 4) is 0 Å². The van der Waals surface area contributed by atoms with Crippen LogP contribution < -0.4 is 5.32 Å². The van der Waals surface area contributed by atoms with Gasteiger partial charge in [0.25, 0.3) is 5.92 Å². The molecule has 2 atom stereocenters. The Balaban J connectivity index is 2.13. The molecule has 3 fully saturated rings.